The van der Waals surface area contributed by atoms with E-state index in [1.807, 2.05) is 32.9 Å². The first-order valence-corrected chi connectivity index (χ1v) is 11.9. The minimum Gasteiger partial charge on any atom is -0.485 e. The molecule has 1 N–H and O–H groups in total. The highest BCUT2D eigenvalue weighted by molar-refractivity contribution is 6.04. The van der Waals surface area contributed by atoms with Crippen LogP contribution in [-0.4, -0.2) is 43.4 Å². The van der Waals surface area contributed by atoms with Gasteiger partial charge in [0.15, 0.2) is 19.0 Å². The molecule has 7 heteroatoms. The molecule has 0 atom stereocenters. The van der Waals surface area contributed by atoms with E-state index in [-0.39, 0.29) is 43.4 Å². The first kappa shape index (κ1) is 23.8. The van der Waals surface area contributed by atoms with Gasteiger partial charge in [0.25, 0.3) is 5.91 Å². The molecule has 7 nitrogen and oxygen atoms in total. The maximum Gasteiger partial charge on any atom is 0.265 e. The van der Waals surface area contributed by atoms with Crippen LogP contribution in [0.15, 0.2) is 30.3 Å². The van der Waals surface area contributed by atoms with E-state index in [1.165, 1.54) is 11.3 Å². The number of fused-ring (bicyclic) bond motifs is 1. The van der Waals surface area contributed by atoms with Crippen LogP contribution in [-0.2, 0) is 9.59 Å². The van der Waals surface area contributed by atoms with Gasteiger partial charge in [0.05, 0.1) is 5.69 Å². The molecule has 1 aliphatic carbocycles. The van der Waals surface area contributed by atoms with Gasteiger partial charge in [-0.15, -0.1) is 0 Å². The number of ether oxygens (including phenoxy) is 2. The lowest BCUT2D eigenvalue weighted by Gasteiger charge is -2.30. The molecule has 1 aliphatic heterocycles. The van der Waals surface area contributed by atoms with E-state index in [1.54, 1.807) is 18.2 Å². The zero-order chi connectivity index (χ0) is 24.2. The number of carbonyl (C=O) groups excluding carboxylic acids is 3. The Bertz CT molecular complexity index is 1080. The smallest absolute Gasteiger partial charge is 0.265 e. The molecule has 1 fully saturated rings. The van der Waals surface area contributed by atoms with Crippen molar-refractivity contribution in [2.75, 3.05) is 24.7 Å². The second kappa shape index (κ2) is 10.3. The average Bonchev–Trinajstić information content (AvgIpc) is 2.80. The third-order valence-corrected chi connectivity index (χ3v) is 6.45. The first-order valence-electron chi connectivity index (χ1n) is 11.9. The fraction of sp³-hybridized carbons (Fsp3) is 0.444. The van der Waals surface area contributed by atoms with Gasteiger partial charge in [0.2, 0.25) is 5.91 Å². The van der Waals surface area contributed by atoms with E-state index in [0.29, 0.717) is 22.7 Å². The number of nitrogens with zero attached hydrogens (tertiary/aromatic N) is 1. The molecule has 4 rings (SSSR count). The normalized spacial score (nSPS) is 16.0. The number of hydrogen-bond donors (Lipinski definition) is 1. The Hall–Kier alpha value is -3.35. The predicted octanol–water partition coefficient (Wildman–Crippen LogP) is 4.05. The lowest BCUT2D eigenvalue weighted by Crippen LogP contribution is -2.47. The molecule has 0 aromatic heterocycles. The molecule has 0 unspecified atom stereocenters. The van der Waals surface area contributed by atoms with Crippen molar-refractivity contribution in [1.29, 1.82) is 0 Å². The zero-order valence-electron chi connectivity index (χ0n) is 20.1. The predicted molar refractivity (Wildman–Crippen MR) is 130 cm³/mol. The van der Waals surface area contributed by atoms with Crippen molar-refractivity contribution in [3.8, 4) is 11.5 Å². The number of aryl methyl sites for hydroxylation is 3. The number of benzene rings is 2. The van der Waals surface area contributed by atoms with Crippen LogP contribution in [0.5, 0.6) is 11.5 Å². The van der Waals surface area contributed by atoms with Crippen molar-refractivity contribution in [3.05, 3.63) is 52.6 Å². The number of carbonyl (C=O) groups is 3. The summed E-state index contributed by atoms with van der Waals surface area (Å²) in [5.74, 6) is 0.465. The lowest BCUT2D eigenvalue weighted by molar-refractivity contribution is -0.125. The summed E-state index contributed by atoms with van der Waals surface area (Å²) in [7, 11) is 0. The second-order valence-electron chi connectivity index (χ2n) is 9.29. The van der Waals surface area contributed by atoms with E-state index >= 15 is 0 Å². The molecule has 2 amide bonds. The monoisotopic (exact) mass is 464 g/mol. The molecule has 34 heavy (non-hydrogen) atoms. The maximum atomic E-state index is 12.9. The summed E-state index contributed by atoms with van der Waals surface area (Å²) in [6, 6.07) is 9.14. The second-order valence-corrected chi connectivity index (χ2v) is 9.29. The Morgan fingerprint density at radius 1 is 1.06 bits per heavy atom. The van der Waals surface area contributed by atoms with Crippen LogP contribution in [0.3, 0.4) is 0 Å². The summed E-state index contributed by atoms with van der Waals surface area (Å²) >= 11 is 0. The van der Waals surface area contributed by atoms with Crippen molar-refractivity contribution in [3.63, 3.8) is 0 Å². The Balaban J connectivity index is 1.47. The number of anilines is 1. The van der Waals surface area contributed by atoms with Gasteiger partial charge in [-0.1, -0.05) is 37.0 Å². The molecule has 1 heterocycles. The molecule has 2 aliphatic rings. The number of Topliss-reactive ketones (excluding diaryl/α,β-unsaturated/α-hetero) is 1. The number of hydrogen-bond acceptors (Lipinski definition) is 5. The van der Waals surface area contributed by atoms with Gasteiger partial charge < -0.3 is 14.8 Å². The van der Waals surface area contributed by atoms with Crippen molar-refractivity contribution >= 4 is 23.3 Å². The van der Waals surface area contributed by atoms with Crippen LogP contribution < -0.4 is 19.7 Å². The Kier molecular flexibility index (Phi) is 7.20. The summed E-state index contributed by atoms with van der Waals surface area (Å²) < 4.78 is 11.4. The van der Waals surface area contributed by atoms with Crippen molar-refractivity contribution in [1.82, 2.24) is 5.32 Å². The number of amides is 2. The quantitative estimate of drug-likeness (QED) is 0.625. The highest BCUT2D eigenvalue weighted by atomic mass is 16.5. The summed E-state index contributed by atoms with van der Waals surface area (Å²) in [5.41, 5.74) is 3.93. The van der Waals surface area contributed by atoms with Crippen molar-refractivity contribution < 1.29 is 23.9 Å². The molecule has 180 valence electrons. The molecule has 0 bridgehead atoms. The highest BCUT2D eigenvalue weighted by Gasteiger charge is 2.29. The van der Waals surface area contributed by atoms with Crippen LogP contribution in [0.1, 0.15) is 59.2 Å². The molecular weight excluding hydrogens is 432 g/mol. The van der Waals surface area contributed by atoms with Crippen LogP contribution >= 0.6 is 0 Å². The van der Waals surface area contributed by atoms with Crippen LogP contribution in [0.25, 0.3) is 0 Å². The molecule has 0 radical (unpaired) electrons. The summed E-state index contributed by atoms with van der Waals surface area (Å²) in [6.45, 7) is 5.58. The molecule has 0 spiro atoms. The van der Waals surface area contributed by atoms with Crippen LogP contribution in [0, 0.1) is 20.8 Å². The van der Waals surface area contributed by atoms with E-state index < -0.39 is 0 Å². The number of rotatable bonds is 7. The van der Waals surface area contributed by atoms with E-state index in [4.69, 9.17) is 9.47 Å². The summed E-state index contributed by atoms with van der Waals surface area (Å²) in [5, 5.41) is 3.05. The molecular formula is C27H32N2O5. The Morgan fingerprint density at radius 3 is 2.47 bits per heavy atom. The van der Waals surface area contributed by atoms with Gasteiger partial charge in [0, 0.05) is 11.6 Å². The fourth-order valence-electron chi connectivity index (χ4n) is 4.83. The fourth-order valence-corrected chi connectivity index (χ4v) is 4.83. The molecule has 2 aromatic rings. The zero-order valence-corrected chi connectivity index (χ0v) is 20.1. The Morgan fingerprint density at radius 2 is 1.76 bits per heavy atom. The minimum absolute atomic E-state index is 0.0956. The van der Waals surface area contributed by atoms with Crippen molar-refractivity contribution in [2.45, 2.75) is 58.9 Å². The largest absolute Gasteiger partial charge is 0.485 e. The van der Waals surface area contributed by atoms with E-state index in [0.717, 1.165) is 42.4 Å². The maximum absolute atomic E-state index is 12.9. The summed E-state index contributed by atoms with van der Waals surface area (Å²) in [6.07, 6.45) is 5.36. The topological polar surface area (TPSA) is 84.9 Å². The third kappa shape index (κ3) is 5.41. The van der Waals surface area contributed by atoms with Crippen LogP contribution in [0.2, 0.25) is 0 Å². The van der Waals surface area contributed by atoms with Gasteiger partial charge in [-0.2, -0.15) is 0 Å². The lowest BCUT2D eigenvalue weighted by atomic mass is 9.95. The van der Waals surface area contributed by atoms with Gasteiger partial charge in [-0.05, 0) is 62.9 Å². The van der Waals surface area contributed by atoms with E-state index in [9.17, 15) is 14.4 Å². The molecule has 1 saturated carbocycles. The van der Waals surface area contributed by atoms with E-state index in [2.05, 4.69) is 5.32 Å². The number of ketones is 1. The summed E-state index contributed by atoms with van der Waals surface area (Å²) in [4.78, 5) is 39.6. The Labute approximate surface area is 200 Å². The molecule has 0 saturated heterocycles. The SMILES string of the molecule is Cc1cc(C)c(OCC(=O)c2ccc3c(c2)N(CC(=O)NC2CCCCC2)C(=O)CO3)c(C)c1. The van der Waals surface area contributed by atoms with Gasteiger partial charge in [-0.25, -0.2) is 0 Å². The van der Waals surface area contributed by atoms with Gasteiger partial charge in [0.1, 0.15) is 18.0 Å². The first-order chi connectivity index (χ1) is 16.3. The third-order valence-electron chi connectivity index (χ3n) is 6.45. The minimum atomic E-state index is -0.307. The number of nitrogens with one attached hydrogen (secondary N) is 1. The highest BCUT2D eigenvalue weighted by Crippen LogP contribution is 2.33. The van der Waals surface area contributed by atoms with Gasteiger partial charge in [-0.3, -0.25) is 19.3 Å². The average molecular weight is 465 g/mol. The van der Waals surface area contributed by atoms with Gasteiger partial charge >= 0.3 is 0 Å². The standard InChI is InChI=1S/C27H32N2O5/c1-17-11-18(2)27(19(3)12-17)34-15-23(30)20-9-10-24-22(13-20)29(26(32)16-33-24)14-25(31)28-21-7-5-4-6-8-21/h9-13,21H,4-8,14-16H2,1-3H3,(H,28,31). The van der Waals surface area contributed by atoms with Crippen molar-refractivity contribution in [2.24, 2.45) is 0 Å². The van der Waals surface area contributed by atoms with Crippen LogP contribution in [0.4, 0.5) is 5.69 Å². The molecule has 2 aromatic carbocycles.